The number of hydrogen-bond acceptors (Lipinski definition) is 6. The molecule has 1 unspecified atom stereocenters. The summed E-state index contributed by atoms with van der Waals surface area (Å²) in [6.45, 7) is 0. The monoisotopic (exact) mass is 261 g/mol. The number of benzene rings is 1. The number of phenols is 1. The fraction of sp³-hybridized carbons (Fsp3) is 0.385. The van der Waals surface area contributed by atoms with E-state index >= 15 is 0 Å². The Morgan fingerprint density at radius 1 is 1.47 bits per heavy atom. The first-order valence-corrected chi connectivity index (χ1v) is 6.14. The van der Waals surface area contributed by atoms with Gasteiger partial charge in [0.1, 0.15) is 11.9 Å². The number of hydrogen-bond donors (Lipinski definition) is 2. The Morgan fingerprint density at radius 3 is 2.89 bits per heavy atom. The Hall–Kier alpha value is -2.08. The van der Waals surface area contributed by atoms with E-state index < -0.39 is 0 Å². The van der Waals surface area contributed by atoms with Crippen LogP contribution in [0.2, 0.25) is 0 Å². The van der Waals surface area contributed by atoms with Crippen LogP contribution in [0.5, 0.6) is 5.75 Å². The van der Waals surface area contributed by atoms with Crippen molar-refractivity contribution in [2.45, 2.75) is 18.9 Å². The molecule has 6 heteroatoms. The van der Waals surface area contributed by atoms with E-state index in [1.54, 1.807) is 19.2 Å². The van der Waals surface area contributed by atoms with Gasteiger partial charge in [0.2, 0.25) is 5.82 Å². The van der Waals surface area contributed by atoms with Crippen molar-refractivity contribution < 1.29 is 14.4 Å². The molecule has 1 saturated carbocycles. The Bertz CT molecular complexity index is 593. The molecule has 0 amide bonds. The average molecular weight is 261 g/mol. The summed E-state index contributed by atoms with van der Waals surface area (Å²) in [5.41, 5.74) is 6.61. The molecule has 1 heterocycles. The normalized spacial score (nSPS) is 16.5. The fourth-order valence-electron chi connectivity index (χ4n) is 2.06. The second-order valence-corrected chi connectivity index (χ2v) is 4.73. The summed E-state index contributed by atoms with van der Waals surface area (Å²) in [6.07, 6.45) is 2.16. The van der Waals surface area contributed by atoms with Crippen molar-refractivity contribution in [1.29, 1.82) is 0 Å². The molecule has 0 saturated heterocycles. The molecule has 19 heavy (non-hydrogen) atoms. The molecule has 3 N–H and O–H groups in total. The van der Waals surface area contributed by atoms with E-state index in [1.165, 1.54) is 6.07 Å². The highest BCUT2D eigenvalue weighted by molar-refractivity contribution is 5.64. The number of nitrogens with two attached hydrogens (primary N) is 1. The van der Waals surface area contributed by atoms with Crippen molar-refractivity contribution >= 4 is 5.69 Å². The van der Waals surface area contributed by atoms with Crippen molar-refractivity contribution in [1.82, 2.24) is 10.1 Å². The van der Waals surface area contributed by atoms with Crippen LogP contribution in [0, 0.1) is 5.92 Å². The number of nitrogen functional groups attached to an aromatic ring is 1. The molecule has 6 nitrogen and oxygen atoms in total. The van der Waals surface area contributed by atoms with Crippen molar-refractivity contribution in [3.05, 3.63) is 24.0 Å². The minimum absolute atomic E-state index is 0.0382. The third-order valence-corrected chi connectivity index (χ3v) is 3.27. The van der Waals surface area contributed by atoms with Crippen LogP contribution in [0.25, 0.3) is 11.5 Å². The molecule has 1 atom stereocenters. The standard InChI is InChI=1S/C13H15N3O3/c1-18-11(7-2-3-7)12-15-13(19-16-12)8-4-5-10(17)9(14)6-8/h4-7,11,17H,2-3,14H2,1H3. The first kappa shape index (κ1) is 12.0. The lowest BCUT2D eigenvalue weighted by Crippen LogP contribution is -2.05. The fourth-order valence-corrected chi connectivity index (χ4v) is 2.06. The molecule has 0 aliphatic heterocycles. The van der Waals surface area contributed by atoms with Gasteiger partial charge in [0.05, 0.1) is 5.69 Å². The van der Waals surface area contributed by atoms with Crippen molar-refractivity contribution in [2.24, 2.45) is 5.92 Å². The first-order valence-electron chi connectivity index (χ1n) is 6.14. The van der Waals surface area contributed by atoms with Crippen LogP contribution in [0.3, 0.4) is 0 Å². The van der Waals surface area contributed by atoms with Gasteiger partial charge in [0.25, 0.3) is 5.89 Å². The van der Waals surface area contributed by atoms with E-state index in [4.69, 9.17) is 15.0 Å². The lowest BCUT2D eigenvalue weighted by Gasteiger charge is -2.08. The van der Waals surface area contributed by atoms with Gasteiger partial charge in [-0.2, -0.15) is 4.98 Å². The van der Waals surface area contributed by atoms with E-state index in [0.717, 1.165) is 12.8 Å². The number of ether oxygens (including phenoxy) is 1. The van der Waals surface area contributed by atoms with Crippen molar-refractivity contribution in [2.75, 3.05) is 12.8 Å². The molecule has 1 aromatic carbocycles. The third-order valence-electron chi connectivity index (χ3n) is 3.27. The van der Waals surface area contributed by atoms with Crippen LogP contribution in [-0.4, -0.2) is 22.4 Å². The molecule has 1 fully saturated rings. The van der Waals surface area contributed by atoms with Crippen LogP contribution >= 0.6 is 0 Å². The maximum absolute atomic E-state index is 9.39. The van der Waals surface area contributed by atoms with Gasteiger partial charge < -0.3 is 20.1 Å². The summed E-state index contributed by atoms with van der Waals surface area (Å²) >= 11 is 0. The van der Waals surface area contributed by atoms with E-state index in [1.807, 2.05) is 0 Å². The van der Waals surface area contributed by atoms with Gasteiger partial charge in [0, 0.05) is 12.7 Å². The van der Waals surface area contributed by atoms with Crippen LogP contribution in [-0.2, 0) is 4.74 Å². The number of aromatic hydroxyl groups is 1. The maximum atomic E-state index is 9.39. The zero-order valence-electron chi connectivity index (χ0n) is 10.5. The molecule has 0 bridgehead atoms. The zero-order valence-corrected chi connectivity index (χ0v) is 10.5. The lowest BCUT2D eigenvalue weighted by atomic mass is 10.2. The number of anilines is 1. The predicted octanol–water partition coefficient (Wildman–Crippen LogP) is 2.12. The number of methoxy groups -OCH3 is 1. The van der Waals surface area contributed by atoms with Crippen LogP contribution in [0.4, 0.5) is 5.69 Å². The average Bonchev–Trinajstić information content (AvgIpc) is 3.11. The molecule has 3 rings (SSSR count). The van der Waals surface area contributed by atoms with Gasteiger partial charge in [-0.25, -0.2) is 0 Å². The maximum Gasteiger partial charge on any atom is 0.258 e. The smallest absolute Gasteiger partial charge is 0.258 e. The van der Waals surface area contributed by atoms with E-state index in [2.05, 4.69) is 10.1 Å². The van der Waals surface area contributed by atoms with Crippen molar-refractivity contribution in [3.63, 3.8) is 0 Å². The highest BCUT2D eigenvalue weighted by Gasteiger charge is 2.35. The quantitative estimate of drug-likeness (QED) is 0.646. The van der Waals surface area contributed by atoms with Crippen LogP contribution in [0.1, 0.15) is 24.8 Å². The molecule has 0 radical (unpaired) electrons. The molecular weight excluding hydrogens is 246 g/mol. The molecule has 100 valence electrons. The second kappa shape index (κ2) is 4.55. The van der Waals surface area contributed by atoms with Crippen LogP contribution < -0.4 is 5.73 Å². The van der Waals surface area contributed by atoms with E-state index in [0.29, 0.717) is 23.2 Å². The Balaban J connectivity index is 1.89. The van der Waals surface area contributed by atoms with E-state index in [-0.39, 0.29) is 17.5 Å². The summed E-state index contributed by atoms with van der Waals surface area (Å²) in [5.74, 6) is 1.47. The molecule has 0 spiro atoms. The summed E-state index contributed by atoms with van der Waals surface area (Å²) in [6, 6.07) is 4.79. The Kier molecular flexibility index (Phi) is 2.87. The molecule has 1 aliphatic rings. The minimum Gasteiger partial charge on any atom is -0.506 e. The molecule has 2 aromatic rings. The highest BCUT2D eigenvalue weighted by atomic mass is 16.5. The third kappa shape index (κ3) is 2.26. The topological polar surface area (TPSA) is 94.4 Å². The summed E-state index contributed by atoms with van der Waals surface area (Å²) in [5, 5.41) is 13.4. The number of nitrogens with zero attached hydrogens (tertiary/aromatic N) is 2. The SMILES string of the molecule is COC(c1noc(-c2ccc(O)c(N)c2)n1)C1CC1. The van der Waals surface area contributed by atoms with Gasteiger partial charge in [-0.15, -0.1) is 0 Å². The summed E-state index contributed by atoms with van der Waals surface area (Å²) in [4.78, 5) is 4.34. The minimum atomic E-state index is -0.105. The number of aromatic nitrogens is 2. The highest BCUT2D eigenvalue weighted by Crippen LogP contribution is 2.42. The second-order valence-electron chi connectivity index (χ2n) is 4.73. The number of rotatable bonds is 4. The summed E-state index contributed by atoms with van der Waals surface area (Å²) < 4.78 is 10.6. The predicted molar refractivity (Wildman–Crippen MR) is 68.3 cm³/mol. The summed E-state index contributed by atoms with van der Waals surface area (Å²) in [7, 11) is 1.65. The van der Waals surface area contributed by atoms with Gasteiger partial charge in [-0.05, 0) is 37.0 Å². The Morgan fingerprint density at radius 2 is 2.26 bits per heavy atom. The van der Waals surface area contributed by atoms with Crippen molar-refractivity contribution in [3.8, 4) is 17.2 Å². The molecular formula is C13H15N3O3. The van der Waals surface area contributed by atoms with Gasteiger partial charge >= 0.3 is 0 Å². The van der Waals surface area contributed by atoms with Gasteiger partial charge in [0.15, 0.2) is 0 Å². The molecule has 1 aromatic heterocycles. The Labute approximate surface area is 110 Å². The van der Waals surface area contributed by atoms with Crippen LogP contribution in [0.15, 0.2) is 22.7 Å². The van der Waals surface area contributed by atoms with Gasteiger partial charge in [-0.3, -0.25) is 0 Å². The lowest BCUT2D eigenvalue weighted by molar-refractivity contribution is 0.0751. The number of phenolic OH excluding ortho intramolecular Hbond substituents is 1. The molecule has 1 aliphatic carbocycles. The largest absolute Gasteiger partial charge is 0.506 e. The first-order chi connectivity index (χ1) is 9.19. The van der Waals surface area contributed by atoms with E-state index in [9.17, 15) is 5.11 Å². The zero-order chi connectivity index (χ0) is 13.4. The van der Waals surface area contributed by atoms with Gasteiger partial charge in [-0.1, -0.05) is 5.16 Å².